The topological polar surface area (TPSA) is 71.6 Å². The molecule has 1 atom stereocenters. The Kier molecular flexibility index (Phi) is 15.4. The summed E-state index contributed by atoms with van der Waals surface area (Å²) in [6.45, 7) is 16.8. The maximum absolute atomic E-state index is 13.7. The lowest BCUT2D eigenvalue weighted by molar-refractivity contribution is -0.143. The number of hydrogen-bond acceptors (Lipinski definition) is 6. The Hall–Kier alpha value is -3.54. The third-order valence-electron chi connectivity index (χ3n) is 8.42. The van der Waals surface area contributed by atoms with Gasteiger partial charge in [0.2, 0.25) is 11.8 Å². The van der Waals surface area contributed by atoms with Crippen LogP contribution in [0.25, 0.3) is 0 Å². The average molecular weight is 622 g/mol. The van der Waals surface area contributed by atoms with E-state index in [1.54, 1.807) is 28.3 Å². The summed E-state index contributed by atoms with van der Waals surface area (Å²) >= 11 is 0. The van der Waals surface area contributed by atoms with Crippen LogP contribution in [0.1, 0.15) is 66.7 Å². The highest BCUT2D eigenvalue weighted by atomic mass is 16.5. The van der Waals surface area contributed by atoms with E-state index in [4.69, 9.17) is 14.2 Å². The first-order valence-electron chi connectivity index (χ1n) is 15.9. The quantitative estimate of drug-likeness (QED) is 0.256. The predicted molar refractivity (Wildman–Crippen MR) is 182 cm³/mol. The molecule has 2 fully saturated rings. The molecule has 8 heteroatoms. The molecule has 0 radical (unpaired) electrons. The van der Waals surface area contributed by atoms with Crippen molar-refractivity contribution >= 4 is 11.8 Å². The van der Waals surface area contributed by atoms with Crippen molar-refractivity contribution in [1.29, 1.82) is 0 Å². The molecule has 4 aliphatic rings. The number of piperidine rings is 1. The molecule has 0 aromatic carbocycles. The lowest BCUT2D eigenvalue weighted by Gasteiger charge is -2.55. The fourth-order valence-electron chi connectivity index (χ4n) is 6.40. The van der Waals surface area contributed by atoms with Gasteiger partial charge in [-0.25, -0.2) is 0 Å². The number of amides is 2. The number of hydrogen-bond donors (Lipinski definition) is 0. The minimum Gasteiger partial charge on any atom is -0.497 e. The molecule has 0 bridgehead atoms. The second kappa shape index (κ2) is 18.4. The zero-order chi connectivity index (χ0) is 33.6. The van der Waals surface area contributed by atoms with E-state index in [-0.39, 0.29) is 23.3 Å². The highest BCUT2D eigenvalue weighted by molar-refractivity contribution is 5.83. The summed E-state index contributed by atoms with van der Waals surface area (Å²) in [7, 11) is 5.08. The van der Waals surface area contributed by atoms with Crippen LogP contribution >= 0.6 is 0 Å². The molecule has 3 aliphatic heterocycles. The highest BCUT2D eigenvalue weighted by Gasteiger charge is 2.51. The molecule has 45 heavy (non-hydrogen) atoms. The van der Waals surface area contributed by atoms with E-state index in [1.807, 2.05) is 48.8 Å². The van der Waals surface area contributed by atoms with E-state index in [1.165, 1.54) is 11.1 Å². The molecule has 0 unspecified atom stereocenters. The van der Waals surface area contributed by atoms with Crippen molar-refractivity contribution in [3.05, 3.63) is 70.9 Å². The van der Waals surface area contributed by atoms with Gasteiger partial charge in [0.05, 0.1) is 32.9 Å². The first kappa shape index (κ1) is 37.6. The lowest BCUT2D eigenvalue weighted by Crippen LogP contribution is -2.66. The minimum absolute atomic E-state index is 0.0498. The maximum Gasteiger partial charge on any atom is 0.241 e. The van der Waals surface area contributed by atoms with Crippen molar-refractivity contribution in [2.24, 2.45) is 5.92 Å². The molecule has 248 valence electrons. The van der Waals surface area contributed by atoms with Gasteiger partial charge < -0.3 is 24.0 Å². The largest absolute Gasteiger partial charge is 0.497 e. The predicted octanol–water partition coefficient (Wildman–Crippen LogP) is 6.01. The van der Waals surface area contributed by atoms with Gasteiger partial charge in [-0.1, -0.05) is 30.7 Å². The number of likely N-dealkylation sites (tertiary alicyclic amines) is 1. The molecule has 2 amide bonds. The van der Waals surface area contributed by atoms with E-state index in [9.17, 15) is 9.59 Å². The summed E-state index contributed by atoms with van der Waals surface area (Å²) in [6.07, 6.45) is 18.4. The van der Waals surface area contributed by atoms with Gasteiger partial charge in [0.25, 0.3) is 0 Å². The van der Waals surface area contributed by atoms with Crippen LogP contribution in [0.2, 0.25) is 0 Å². The van der Waals surface area contributed by atoms with Crippen LogP contribution in [0, 0.1) is 18.3 Å². The fraction of sp³-hybridized carbons (Fsp3) is 0.568. The Labute approximate surface area is 272 Å². The number of terminal acetylenes is 1. The Bertz CT molecular complexity index is 1240. The number of methoxy groups -OCH3 is 3. The normalized spacial score (nSPS) is 23.5. The van der Waals surface area contributed by atoms with Crippen molar-refractivity contribution in [3.63, 3.8) is 0 Å². The summed E-state index contributed by atoms with van der Waals surface area (Å²) in [5.74, 6) is 4.16. The molecule has 0 N–H and O–H groups in total. The molecule has 1 aliphatic carbocycles. The standard InChI is InChI=1S/C30H43N3O5.C4H8.C3H4/c1-6-7-11-27(34)31-14-12-30(13-15-31)26-18-22(2)29-23(9-8-10-24(37-4)19-25(29)38-5)20-33(26)28(35)21-32(30)16-17-36-3;1-4(2)3;1-3-2/h6-7,10,18-19,22H,8-9,11-17,20-21H2,1-5H3;1H2,2-3H3;1H,2H3/b7-6+,24-10+,25-19+;;/t22-;;/m0../s1. The summed E-state index contributed by atoms with van der Waals surface area (Å²) in [5, 5.41) is 0. The number of piperazine rings is 1. The van der Waals surface area contributed by atoms with E-state index < -0.39 is 0 Å². The summed E-state index contributed by atoms with van der Waals surface area (Å²) in [5.41, 5.74) is 4.28. The summed E-state index contributed by atoms with van der Waals surface area (Å²) in [6, 6.07) is 0. The van der Waals surface area contributed by atoms with Gasteiger partial charge in [-0.15, -0.1) is 18.9 Å². The monoisotopic (exact) mass is 621 g/mol. The molecule has 2 saturated heterocycles. The van der Waals surface area contributed by atoms with E-state index >= 15 is 0 Å². The van der Waals surface area contributed by atoms with Crippen LogP contribution in [0.4, 0.5) is 0 Å². The van der Waals surface area contributed by atoms with Gasteiger partial charge in [0.15, 0.2) is 0 Å². The van der Waals surface area contributed by atoms with Crippen molar-refractivity contribution < 1.29 is 23.8 Å². The van der Waals surface area contributed by atoms with Crippen LogP contribution in [0.15, 0.2) is 70.9 Å². The number of allylic oxidation sites excluding steroid dienone is 6. The number of carbonyl (C=O) groups is 2. The number of ether oxygens (including phenoxy) is 3. The number of fused-ring (bicyclic) bond motifs is 2. The Morgan fingerprint density at radius 2 is 1.82 bits per heavy atom. The molecule has 1 spiro atoms. The molecule has 3 heterocycles. The Morgan fingerprint density at radius 1 is 1.18 bits per heavy atom. The van der Waals surface area contributed by atoms with Crippen LogP contribution in [0.5, 0.6) is 0 Å². The molecule has 0 saturated carbocycles. The van der Waals surface area contributed by atoms with Gasteiger partial charge in [-0.2, -0.15) is 0 Å². The number of carbonyl (C=O) groups excluding carboxylic acids is 2. The fourth-order valence-corrected chi connectivity index (χ4v) is 6.40. The van der Waals surface area contributed by atoms with Gasteiger partial charge in [-0.05, 0) is 65.0 Å². The third kappa shape index (κ3) is 9.72. The Balaban J connectivity index is 0.000000917. The first-order chi connectivity index (χ1) is 21.5. The zero-order valence-corrected chi connectivity index (χ0v) is 28.9. The van der Waals surface area contributed by atoms with Crippen molar-refractivity contribution in [2.75, 3.05) is 60.7 Å². The third-order valence-corrected chi connectivity index (χ3v) is 8.42. The Morgan fingerprint density at radius 3 is 2.38 bits per heavy atom. The van der Waals surface area contributed by atoms with Gasteiger partial charge in [-0.3, -0.25) is 14.5 Å². The highest BCUT2D eigenvalue weighted by Crippen LogP contribution is 2.45. The van der Waals surface area contributed by atoms with E-state index in [2.05, 4.69) is 42.9 Å². The SMILES string of the molecule is C#CC.C/C=C/CC(=O)N1CCC2(CC1)C1=C[C@H](C)C3=C(CC/C=C(OC)\C=C/3OC)CN1C(=O)CN2CCOC.C=C(C)C. The lowest BCUT2D eigenvalue weighted by atomic mass is 9.78. The van der Waals surface area contributed by atoms with Gasteiger partial charge >= 0.3 is 0 Å². The van der Waals surface area contributed by atoms with Crippen LogP contribution in [-0.4, -0.2) is 92.7 Å². The average Bonchev–Trinajstić information content (AvgIpc) is 3.14. The van der Waals surface area contributed by atoms with Crippen molar-refractivity contribution in [2.45, 2.75) is 72.3 Å². The molecular formula is C37H55N3O5. The first-order valence-corrected chi connectivity index (χ1v) is 15.9. The molecule has 0 aromatic heterocycles. The van der Waals surface area contributed by atoms with Crippen LogP contribution in [-0.2, 0) is 23.8 Å². The van der Waals surface area contributed by atoms with Gasteiger partial charge in [0.1, 0.15) is 11.5 Å². The van der Waals surface area contributed by atoms with Crippen molar-refractivity contribution in [1.82, 2.24) is 14.7 Å². The van der Waals surface area contributed by atoms with Gasteiger partial charge in [0, 0.05) is 63.0 Å². The molecule has 0 aromatic rings. The molecular weight excluding hydrogens is 566 g/mol. The van der Waals surface area contributed by atoms with Crippen LogP contribution in [0.3, 0.4) is 0 Å². The minimum atomic E-state index is -0.328. The zero-order valence-electron chi connectivity index (χ0n) is 28.9. The van der Waals surface area contributed by atoms with Crippen molar-refractivity contribution in [3.8, 4) is 12.3 Å². The number of rotatable bonds is 7. The molecule has 4 rings (SSSR count). The summed E-state index contributed by atoms with van der Waals surface area (Å²) in [4.78, 5) is 32.8. The second-order valence-corrected chi connectivity index (χ2v) is 12.0. The smallest absolute Gasteiger partial charge is 0.241 e. The summed E-state index contributed by atoms with van der Waals surface area (Å²) < 4.78 is 16.9. The maximum atomic E-state index is 13.7. The number of nitrogens with zero attached hydrogens (tertiary/aromatic N) is 3. The second-order valence-electron chi connectivity index (χ2n) is 12.0. The molecule has 8 nitrogen and oxygen atoms in total. The van der Waals surface area contributed by atoms with E-state index in [0.717, 1.165) is 48.5 Å². The van der Waals surface area contributed by atoms with E-state index in [0.29, 0.717) is 45.8 Å². The van der Waals surface area contributed by atoms with Crippen LogP contribution < -0.4 is 0 Å².